The number of nitrogens with zero attached hydrogens (tertiary/aromatic N) is 4. The number of rotatable bonds is 11. The van der Waals surface area contributed by atoms with Gasteiger partial charge in [0.25, 0.3) is 5.91 Å². The molecular formula is C29H32N6O3S. The molecule has 4 aromatic rings. The van der Waals surface area contributed by atoms with Crippen LogP contribution < -0.4 is 19.6 Å². The van der Waals surface area contributed by atoms with E-state index in [1.54, 1.807) is 18.3 Å². The fourth-order valence-corrected chi connectivity index (χ4v) is 4.39. The molecule has 0 spiro atoms. The molecule has 0 atom stereocenters. The van der Waals surface area contributed by atoms with Gasteiger partial charge in [0.15, 0.2) is 0 Å². The molecule has 3 heterocycles. The van der Waals surface area contributed by atoms with Crippen molar-refractivity contribution in [2.45, 2.75) is 31.8 Å². The Hall–Kier alpha value is -3.73. The molecule has 9 nitrogen and oxygen atoms in total. The average Bonchev–Trinajstić information content (AvgIpc) is 3.74. The highest BCUT2D eigenvalue weighted by Crippen LogP contribution is 2.35. The van der Waals surface area contributed by atoms with Gasteiger partial charge >= 0.3 is 0 Å². The molecule has 0 unspecified atom stereocenters. The van der Waals surface area contributed by atoms with Crippen LogP contribution in [0.1, 0.15) is 34.5 Å². The zero-order valence-corrected chi connectivity index (χ0v) is 23.3. The van der Waals surface area contributed by atoms with Crippen molar-refractivity contribution >= 4 is 29.0 Å². The Bertz CT molecular complexity index is 1490. The van der Waals surface area contributed by atoms with Gasteiger partial charge < -0.3 is 19.6 Å². The lowest BCUT2D eigenvalue weighted by Crippen LogP contribution is -2.34. The van der Waals surface area contributed by atoms with Crippen LogP contribution in [0.15, 0.2) is 60.8 Å². The molecule has 10 heteroatoms. The van der Waals surface area contributed by atoms with Crippen LogP contribution in [0.5, 0.6) is 11.6 Å². The summed E-state index contributed by atoms with van der Waals surface area (Å²) in [6, 6.07) is 16.9. The highest BCUT2D eigenvalue weighted by molar-refractivity contribution is 7.92. The summed E-state index contributed by atoms with van der Waals surface area (Å²) < 4.78 is 13.5. The van der Waals surface area contributed by atoms with E-state index in [-0.39, 0.29) is 18.0 Å². The number of carbonyl (C=O) groups excluding carboxylic acids is 1. The van der Waals surface area contributed by atoms with Crippen LogP contribution in [-0.4, -0.2) is 58.5 Å². The van der Waals surface area contributed by atoms with Crippen LogP contribution in [0.25, 0.3) is 22.3 Å². The van der Waals surface area contributed by atoms with Crippen molar-refractivity contribution in [3.8, 4) is 23.0 Å². The van der Waals surface area contributed by atoms with Crippen LogP contribution in [0, 0.1) is 6.92 Å². The van der Waals surface area contributed by atoms with Gasteiger partial charge in [-0.25, -0.2) is 14.3 Å². The summed E-state index contributed by atoms with van der Waals surface area (Å²) in [7, 11) is 5.75. The highest BCUT2D eigenvalue weighted by Gasteiger charge is 2.42. The minimum absolute atomic E-state index is 0.0817. The van der Waals surface area contributed by atoms with E-state index in [9.17, 15) is 4.79 Å². The number of aryl methyl sites for hydroxylation is 1. The lowest BCUT2D eigenvalue weighted by atomic mass is 10.1. The molecule has 39 heavy (non-hydrogen) atoms. The summed E-state index contributed by atoms with van der Waals surface area (Å²) in [6.45, 7) is 2.81. The van der Waals surface area contributed by atoms with Gasteiger partial charge in [0.1, 0.15) is 24.6 Å². The number of carbonyl (C=O) groups is 1. The summed E-state index contributed by atoms with van der Waals surface area (Å²) in [4.78, 5) is 26.8. The van der Waals surface area contributed by atoms with E-state index < -0.39 is 0 Å². The second-order valence-electron chi connectivity index (χ2n) is 9.88. The van der Waals surface area contributed by atoms with Crippen molar-refractivity contribution < 1.29 is 13.7 Å². The second kappa shape index (κ2) is 11.6. The lowest BCUT2D eigenvalue weighted by molar-refractivity contribution is 0.0950. The monoisotopic (exact) mass is 544 g/mol. The normalized spacial score (nSPS) is 13.9. The van der Waals surface area contributed by atoms with Crippen LogP contribution in [0.2, 0.25) is 0 Å². The third kappa shape index (κ3) is 6.65. The van der Waals surface area contributed by atoms with E-state index in [1.807, 2.05) is 74.8 Å². The molecule has 3 aromatic heterocycles. The third-order valence-electron chi connectivity index (χ3n) is 6.65. The number of benzene rings is 1. The molecule has 1 saturated carbocycles. The van der Waals surface area contributed by atoms with Crippen LogP contribution in [0.4, 0.5) is 0 Å². The van der Waals surface area contributed by atoms with E-state index in [2.05, 4.69) is 20.6 Å². The maximum Gasteiger partial charge on any atom is 0.251 e. The average molecular weight is 545 g/mol. The molecule has 0 bridgehead atoms. The van der Waals surface area contributed by atoms with Crippen molar-refractivity contribution in [3.05, 3.63) is 77.6 Å². The van der Waals surface area contributed by atoms with Gasteiger partial charge in [0.2, 0.25) is 5.88 Å². The van der Waals surface area contributed by atoms with Crippen molar-refractivity contribution in [2.75, 3.05) is 27.7 Å². The number of fused-ring (bicyclic) bond motifs is 1. The van der Waals surface area contributed by atoms with Gasteiger partial charge in [-0.2, -0.15) is 0 Å². The summed E-state index contributed by atoms with van der Waals surface area (Å²) in [5, 5.41) is 7.18. The number of ether oxygens (including phenoxy) is 1. The number of hydrogen-bond acceptors (Lipinski definition) is 9. The van der Waals surface area contributed by atoms with Gasteiger partial charge in [0, 0.05) is 37.3 Å². The summed E-state index contributed by atoms with van der Waals surface area (Å²) in [5.74, 6) is 1.03. The standard InChI is InChI=1S/C29H32N6O3S/c1-19-8-9-20(14-26(19)38-39-35(3)4)28(36)32-17-22-15-25-21(16-31-22)10-11-24(33-25)23-6-5-7-27(34-23)37-18-29(30-2)12-13-29/h5-11,14-16,30H,12-13,17-18H2,1-4H3,(H,32,36). The summed E-state index contributed by atoms with van der Waals surface area (Å²) >= 11 is 1.21. The molecule has 1 aliphatic carbocycles. The number of likely N-dealkylation sites (N-methyl/N-ethyl adjacent to an activating group) is 1. The van der Waals surface area contributed by atoms with Gasteiger partial charge in [-0.1, -0.05) is 12.1 Å². The minimum Gasteiger partial charge on any atom is -0.476 e. The largest absolute Gasteiger partial charge is 0.476 e. The van der Waals surface area contributed by atoms with Crippen molar-refractivity contribution in [2.24, 2.45) is 0 Å². The topological polar surface area (TPSA) is 102 Å². The van der Waals surface area contributed by atoms with Crippen molar-refractivity contribution in [3.63, 3.8) is 0 Å². The Morgan fingerprint density at radius 2 is 1.90 bits per heavy atom. The second-order valence-corrected chi connectivity index (χ2v) is 10.9. The number of aromatic nitrogens is 3. The first kappa shape index (κ1) is 26.9. The number of amides is 1. The SMILES string of the molecule is CNC1(COc2cccc(-c3ccc4cnc(CNC(=O)c5ccc(C)c(OSN(C)C)c5)cc4n3)n2)CC1. The summed E-state index contributed by atoms with van der Waals surface area (Å²) in [6.07, 6.45) is 4.00. The van der Waals surface area contributed by atoms with E-state index in [1.165, 1.54) is 12.2 Å². The molecule has 202 valence electrons. The summed E-state index contributed by atoms with van der Waals surface area (Å²) in [5.41, 5.74) is 4.52. The Morgan fingerprint density at radius 3 is 2.67 bits per heavy atom. The molecule has 5 rings (SSSR count). The predicted octanol–water partition coefficient (Wildman–Crippen LogP) is 4.56. The molecule has 2 N–H and O–H groups in total. The number of pyridine rings is 3. The maximum absolute atomic E-state index is 12.8. The van der Waals surface area contributed by atoms with Crippen LogP contribution >= 0.6 is 12.2 Å². The van der Waals surface area contributed by atoms with Crippen LogP contribution in [-0.2, 0) is 6.54 Å². The van der Waals surface area contributed by atoms with E-state index in [4.69, 9.17) is 13.9 Å². The van der Waals surface area contributed by atoms with E-state index in [0.29, 0.717) is 29.5 Å². The fraction of sp³-hybridized carbons (Fsp3) is 0.310. The number of nitrogens with one attached hydrogen (secondary N) is 2. The Labute approximate surface area is 232 Å². The number of hydrogen-bond donors (Lipinski definition) is 2. The van der Waals surface area contributed by atoms with E-state index in [0.717, 1.165) is 40.7 Å². The smallest absolute Gasteiger partial charge is 0.251 e. The lowest BCUT2D eigenvalue weighted by Gasteiger charge is -2.15. The third-order valence-corrected chi connectivity index (χ3v) is 7.21. The molecule has 0 radical (unpaired) electrons. The molecule has 1 fully saturated rings. The van der Waals surface area contributed by atoms with Gasteiger partial charge in [-0.05, 0) is 68.8 Å². The first-order valence-electron chi connectivity index (χ1n) is 12.8. The molecule has 1 aliphatic rings. The highest BCUT2D eigenvalue weighted by atomic mass is 32.2. The molecule has 1 amide bonds. The first-order valence-corrected chi connectivity index (χ1v) is 13.5. The Kier molecular flexibility index (Phi) is 7.97. The Morgan fingerprint density at radius 1 is 1.08 bits per heavy atom. The maximum atomic E-state index is 12.8. The minimum atomic E-state index is -0.203. The zero-order valence-electron chi connectivity index (χ0n) is 22.5. The molecule has 1 aromatic carbocycles. The predicted molar refractivity (Wildman–Crippen MR) is 154 cm³/mol. The fourth-order valence-electron chi connectivity index (χ4n) is 3.98. The molecule has 0 saturated heterocycles. The quantitative estimate of drug-likeness (QED) is 0.208. The van der Waals surface area contributed by atoms with Crippen molar-refractivity contribution in [1.82, 2.24) is 29.9 Å². The van der Waals surface area contributed by atoms with Crippen molar-refractivity contribution in [1.29, 1.82) is 0 Å². The van der Waals surface area contributed by atoms with Gasteiger partial charge in [0.05, 0.1) is 34.7 Å². The first-order chi connectivity index (χ1) is 18.8. The molecular weight excluding hydrogens is 512 g/mol. The van der Waals surface area contributed by atoms with Crippen LogP contribution in [0.3, 0.4) is 0 Å². The van der Waals surface area contributed by atoms with Gasteiger partial charge in [-0.15, -0.1) is 0 Å². The van der Waals surface area contributed by atoms with Gasteiger partial charge in [-0.3, -0.25) is 9.78 Å². The van der Waals surface area contributed by atoms with E-state index >= 15 is 0 Å². The molecule has 0 aliphatic heterocycles. The Balaban J connectivity index is 1.27. The zero-order chi connectivity index (χ0) is 27.4.